The van der Waals surface area contributed by atoms with Gasteiger partial charge < -0.3 is 5.11 Å². The molecule has 0 aromatic rings. The maximum atomic E-state index is 10.9. The summed E-state index contributed by atoms with van der Waals surface area (Å²) in [6.45, 7) is 3.54. The van der Waals surface area contributed by atoms with Gasteiger partial charge in [0.05, 0.1) is 5.41 Å². The predicted molar refractivity (Wildman–Crippen MR) is 48.0 cm³/mol. The van der Waals surface area contributed by atoms with Crippen LogP contribution >= 0.6 is 11.6 Å². The molecule has 1 aliphatic carbocycles. The lowest BCUT2D eigenvalue weighted by molar-refractivity contribution is -0.146. The van der Waals surface area contributed by atoms with Crippen molar-refractivity contribution in [3.63, 3.8) is 0 Å². The minimum atomic E-state index is -0.855. The molecule has 0 heterocycles. The van der Waals surface area contributed by atoms with E-state index in [1.807, 2.05) is 13.0 Å². The Morgan fingerprint density at radius 2 is 2.33 bits per heavy atom. The van der Waals surface area contributed by atoms with Gasteiger partial charge in [-0.1, -0.05) is 24.6 Å². The molecule has 3 heteroatoms. The Morgan fingerprint density at radius 3 is 2.75 bits per heavy atom. The molecule has 2 atom stereocenters. The third kappa shape index (κ3) is 1.39. The molecule has 0 radical (unpaired) electrons. The lowest BCUT2D eigenvalue weighted by atomic mass is 9.75. The molecule has 0 spiro atoms. The van der Waals surface area contributed by atoms with Gasteiger partial charge in [0.15, 0.2) is 0 Å². The van der Waals surface area contributed by atoms with Crippen LogP contribution in [0.15, 0.2) is 23.3 Å². The molecule has 0 bridgehead atoms. The Balaban J connectivity index is 3.05. The van der Waals surface area contributed by atoms with Crippen molar-refractivity contribution in [1.29, 1.82) is 0 Å². The number of aliphatic carboxylic acids is 1. The van der Waals surface area contributed by atoms with Crippen molar-refractivity contribution in [2.45, 2.75) is 13.8 Å². The fraction of sp³-hybridized carbons (Fsp3) is 0.444. The fourth-order valence-corrected chi connectivity index (χ4v) is 1.46. The van der Waals surface area contributed by atoms with Gasteiger partial charge in [-0.2, -0.15) is 0 Å². The van der Waals surface area contributed by atoms with E-state index in [0.717, 1.165) is 0 Å². The average Bonchev–Trinajstić information content (AvgIpc) is 1.97. The van der Waals surface area contributed by atoms with Crippen LogP contribution in [0.1, 0.15) is 13.8 Å². The van der Waals surface area contributed by atoms with Crippen molar-refractivity contribution < 1.29 is 9.90 Å². The zero-order valence-corrected chi connectivity index (χ0v) is 7.80. The standard InChI is InChI=1S/C9H11ClO2/c1-6-3-4-7(10)5-9(6,2)8(11)12/h3-6H,1-2H3,(H,11,12). The highest BCUT2D eigenvalue weighted by Gasteiger charge is 2.37. The first-order valence-corrected chi connectivity index (χ1v) is 4.14. The lowest BCUT2D eigenvalue weighted by Crippen LogP contribution is -2.33. The number of allylic oxidation sites excluding steroid dienone is 3. The number of carbonyl (C=O) groups is 1. The van der Waals surface area contributed by atoms with Gasteiger partial charge >= 0.3 is 5.97 Å². The molecular weight excluding hydrogens is 176 g/mol. The smallest absolute Gasteiger partial charge is 0.313 e. The summed E-state index contributed by atoms with van der Waals surface area (Å²) < 4.78 is 0. The van der Waals surface area contributed by atoms with Crippen molar-refractivity contribution in [3.8, 4) is 0 Å². The first-order chi connectivity index (χ1) is 5.47. The van der Waals surface area contributed by atoms with E-state index < -0.39 is 11.4 Å². The van der Waals surface area contributed by atoms with E-state index in [4.69, 9.17) is 16.7 Å². The van der Waals surface area contributed by atoms with Crippen molar-refractivity contribution in [3.05, 3.63) is 23.3 Å². The van der Waals surface area contributed by atoms with Crippen LogP contribution in [0, 0.1) is 11.3 Å². The summed E-state index contributed by atoms with van der Waals surface area (Å²) in [5.41, 5.74) is -0.855. The van der Waals surface area contributed by atoms with Gasteiger partial charge in [0.25, 0.3) is 0 Å². The zero-order chi connectivity index (χ0) is 9.35. The van der Waals surface area contributed by atoms with Gasteiger partial charge in [0.2, 0.25) is 0 Å². The monoisotopic (exact) mass is 186 g/mol. The van der Waals surface area contributed by atoms with E-state index in [-0.39, 0.29) is 5.92 Å². The third-order valence-electron chi connectivity index (χ3n) is 2.39. The zero-order valence-electron chi connectivity index (χ0n) is 7.04. The van der Waals surface area contributed by atoms with E-state index in [1.165, 1.54) is 0 Å². The third-order valence-corrected chi connectivity index (χ3v) is 2.62. The van der Waals surface area contributed by atoms with Crippen molar-refractivity contribution >= 4 is 17.6 Å². The minimum Gasteiger partial charge on any atom is -0.481 e. The molecule has 1 aliphatic rings. The van der Waals surface area contributed by atoms with Gasteiger partial charge in [0.1, 0.15) is 0 Å². The molecule has 0 aromatic carbocycles. The van der Waals surface area contributed by atoms with Crippen molar-refractivity contribution in [2.75, 3.05) is 0 Å². The Kier molecular flexibility index (Phi) is 2.29. The number of carboxylic acid groups (broad SMARTS) is 1. The van der Waals surface area contributed by atoms with Gasteiger partial charge in [-0.15, -0.1) is 0 Å². The SMILES string of the molecule is CC1C=CC(Cl)=CC1(C)C(=O)O. The maximum Gasteiger partial charge on any atom is 0.313 e. The maximum absolute atomic E-state index is 10.9. The van der Waals surface area contributed by atoms with Crippen LogP contribution in [-0.4, -0.2) is 11.1 Å². The Hall–Kier alpha value is -0.760. The highest BCUT2D eigenvalue weighted by molar-refractivity contribution is 6.31. The largest absolute Gasteiger partial charge is 0.481 e. The number of carboxylic acids is 1. The molecule has 2 nitrogen and oxygen atoms in total. The Labute approximate surface area is 76.5 Å². The normalized spacial score (nSPS) is 34.6. The molecule has 0 fully saturated rings. The summed E-state index contributed by atoms with van der Waals surface area (Å²) in [6.07, 6.45) is 5.13. The Bertz CT molecular complexity index is 268. The molecule has 0 amide bonds. The highest BCUT2D eigenvalue weighted by Crippen LogP contribution is 2.36. The summed E-state index contributed by atoms with van der Waals surface area (Å²) in [6, 6.07) is 0. The quantitative estimate of drug-likeness (QED) is 0.683. The van der Waals surface area contributed by atoms with E-state index in [9.17, 15) is 4.79 Å². The van der Waals surface area contributed by atoms with Crippen LogP contribution in [0.4, 0.5) is 0 Å². The number of rotatable bonds is 1. The van der Waals surface area contributed by atoms with Crippen LogP contribution in [0.2, 0.25) is 0 Å². The summed E-state index contributed by atoms with van der Waals surface area (Å²) in [5.74, 6) is -0.852. The summed E-state index contributed by atoms with van der Waals surface area (Å²) >= 11 is 5.72. The van der Waals surface area contributed by atoms with E-state index in [0.29, 0.717) is 5.03 Å². The first-order valence-electron chi connectivity index (χ1n) is 3.77. The van der Waals surface area contributed by atoms with Gasteiger partial charge in [-0.05, 0) is 25.0 Å². The van der Waals surface area contributed by atoms with Crippen LogP contribution in [0.3, 0.4) is 0 Å². The molecule has 0 saturated heterocycles. The van der Waals surface area contributed by atoms with E-state index >= 15 is 0 Å². The van der Waals surface area contributed by atoms with Crippen LogP contribution < -0.4 is 0 Å². The van der Waals surface area contributed by atoms with Crippen LogP contribution in [0.25, 0.3) is 0 Å². The average molecular weight is 187 g/mol. The number of hydrogen-bond acceptors (Lipinski definition) is 1. The molecule has 0 aliphatic heterocycles. The van der Waals surface area contributed by atoms with Crippen LogP contribution in [0.5, 0.6) is 0 Å². The molecule has 12 heavy (non-hydrogen) atoms. The molecule has 0 saturated carbocycles. The van der Waals surface area contributed by atoms with Crippen LogP contribution in [-0.2, 0) is 4.79 Å². The summed E-state index contributed by atoms with van der Waals surface area (Å²) in [5, 5.41) is 9.45. The highest BCUT2D eigenvalue weighted by atomic mass is 35.5. The molecule has 2 unspecified atom stereocenters. The second-order valence-corrected chi connectivity index (χ2v) is 3.70. The second kappa shape index (κ2) is 2.94. The van der Waals surface area contributed by atoms with Crippen molar-refractivity contribution in [1.82, 2.24) is 0 Å². The Morgan fingerprint density at radius 1 is 1.75 bits per heavy atom. The minimum absolute atomic E-state index is 0.0162. The molecule has 0 aromatic heterocycles. The van der Waals surface area contributed by atoms with Gasteiger partial charge in [-0.25, -0.2) is 0 Å². The van der Waals surface area contributed by atoms with Crippen molar-refractivity contribution in [2.24, 2.45) is 11.3 Å². The fourth-order valence-electron chi connectivity index (χ4n) is 1.16. The molecule has 66 valence electrons. The van der Waals surface area contributed by atoms with Gasteiger partial charge in [-0.3, -0.25) is 4.79 Å². The topological polar surface area (TPSA) is 37.3 Å². The van der Waals surface area contributed by atoms with E-state index in [2.05, 4.69) is 0 Å². The molecular formula is C9H11ClO2. The second-order valence-electron chi connectivity index (χ2n) is 3.26. The number of hydrogen-bond donors (Lipinski definition) is 1. The molecule has 1 N–H and O–H groups in total. The predicted octanol–water partition coefficient (Wildman–Crippen LogP) is 2.41. The first kappa shape index (κ1) is 9.33. The molecule has 1 rings (SSSR count). The van der Waals surface area contributed by atoms with E-state index in [1.54, 1.807) is 19.1 Å². The summed E-state index contributed by atoms with van der Waals surface area (Å²) in [4.78, 5) is 10.9. The van der Waals surface area contributed by atoms with Gasteiger partial charge in [0, 0.05) is 5.03 Å². The number of halogens is 1. The lowest BCUT2D eigenvalue weighted by Gasteiger charge is -2.28. The summed E-state index contributed by atoms with van der Waals surface area (Å²) in [7, 11) is 0.